The molecular weight excluding hydrogens is 396 g/mol. The van der Waals surface area contributed by atoms with Gasteiger partial charge in [-0.05, 0) is 61.4 Å². The molecule has 7 heteroatoms. The van der Waals surface area contributed by atoms with Gasteiger partial charge in [0.05, 0.1) is 25.4 Å². The molecule has 0 aliphatic carbocycles. The number of morpholine rings is 1. The summed E-state index contributed by atoms with van der Waals surface area (Å²) in [6, 6.07) is 14.3. The predicted molar refractivity (Wildman–Crippen MR) is 120 cm³/mol. The number of hydrogen-bond donors (Lipinski definition) is 1. The molecule has 0 saturated carbocycles. The first-order valence-electron chi connectivity index (χ1n) is 10.6. The Morgan fingerprint density at radius 1 is 1.00 bits per heavy atom. The van der Waals surface area contributed by atoms with Gasteiger partial charge in [0.25, 0.3) is 5.91 Å². The van der Waals surface area contributed by atoms with Crippen molar-refractivity contribution in [2.45, 2.75) is 26.9 Å². The fourth-order valence-corrected chi connectivity index (χ4v) is 3.05. The van der Waals surface area contributed by atoms with Crippen molar-refractivity contribution in [3.63, 3.8) is 0 Å². The van der Waals surface area contributed by atoms with E-state index in [4.69, 9.17) is 14.2 Å². The zero-order valence-corrected chi connectivity index (χ0v) is 18.3. The highest BCUT2D eigenvalue weighted by atomic mass is 16.5. The summed E-state index contributed by atoms with van der Waals surface area (Å²) >= 11 is 0. The van der Waals surface area contributed by atoms with Crippen LogP contribution < -0.4 is 15.0 Å². The van der Waals surface area contributed by atoms with Crippen molar-refractivity contribution in [2.24, 2.45) is 5.92 Å². The standard InChI is InChI=1S/C24H30N2O5/c1-17(2)16-30-22-10-4-19(5-11-22)24(28)31-18(3)23(27)25-20-6-8-21(9-7-20)26-12-14-29-15-13-26/h4-11,17-18H,12-16H2,1-3H3,(H,25,27)/t18-/m0/s1. The van der Waals surface area contributed by atoms with Crippen LogP contribution in [0.1, 0.15) is 31.1 Å². The molecule has 1 saturated heterocycles. The van der Waals surface area contributed by atoms with Gasteiger partial charge in [-0.25, -0.2) is 4.79 Å². The number of nitrogens with zero attached hydrogens (tertiary/aromatic N) is 1. The highest BCUT2D eigenvalue weighted by molar-refractivity contribution is 5.97. The van der Waals surface area contributed by atoms with Crippen molar-refractivity contribution < 1.29 is 23.8 Å². The van der Waals surface area contributed by atoms with Gasteiger partial charge in [0.15, 0.2) is 6.10 Å². The molecule has 0 unspecified atom stereocenters. The Balaban J connectivity index is 1.49. The van der Waals surface area contributed by atoms with Crippen molar-refractivity contribution in [1.29, 1.82) is 0 Å². The SMILES string of the molecule is CC(C)COc1ccc(C(=O)O[C@@H](C)C(=O)Nc2ccc(N3CCOCC3)cc2)cc1. The van der Waals surface area contributed by atoms with Gasteiger partial charge in [-0.2, -0.15) is 0 Å². The Morgan fingerprint density at radius 3 is 2.26 bits per heavy atom. The maximum Gasteiger partial charge on any atom is 0.338 e. The zero-order chi connectivity index (χ0) is 22.2. The van der Waals surface area contributed by atoms with Crippen molar-refractivity contribution >= 4 is 23.3 Å². The zero-order valence-electron chi connectivity index (χ0n) is 18.3. The van der Waals surface area contributed by atoms with Gasteiger partial charge in [-0.3, -0.25) is 4.79 Å². The summed E-state index contributed by atoms with van der Waals surface area (Å²) in [6.45, 7) is 9.42. The van der Waals surface area contributed by atoms with Crippen molar-refractivity contribution in [3.8, 4) is 5.75 Å². The highest BCUT2D eigenvalue weighted by Crippen LogP contribution is 2.20. The number of nitrogens with one attached hydrogen (secondary N) is 1. The van der Waals surface area contributed by atoms with Gasteiger partial charge >= 0.3 is 5.97 Å². The van der Waals surface area contributed by atoms with Crippen LogP contribution in [-0.2, 0) is 14.3 Å². The first-order valence-corrected chi connectivity index (χ1v) is 10.6. The summed E-state index contributed by atoms with van der Waals surface area (Å²) in [4.78, 5) is 27.0. The minimum absolute atomic E-state index is 0.367. The largest absolute Gasteiger partial charge is 0.493 e. The second-order valence-electron chi connectivity index (χ2n) is 7.91. The average Bonchev–Trinajstić information content (AvgIpc) is 2.79. The van der Waals surface area contributed by atoms with Crippen LogP contribution in [0, 0.1) is 5.92 Å². The number of hydrogen-bond acceptors (Lipinski definition) is 6. The fraction of sp³-hybridized carbons (Fsp3) is 0.417. The smallest absolute Gasteiger partial charge is 0.338 e. The summed E-state index contributed by atoms with van der Waals surface area (Å²) in [5.41, 5.74) is 2.10. The van der Waals surface area contributed by atoms with E-state index in [2.05, 4.69) is 24.1 Å². The van der Waals surface area contributed by atoms with E-state index in [1.807, 2.05) is 24.3 Å². The van der Waals surface area contributed by atoms with Crippen LogP contribution in [0.15, 0.2) is 48.5 Å². The Labute approximate surface area is 183 Å². The number of esters is 1. The van der Waals surface area contributed by atoms with Crippen LogP contribution in [0.25, 0.3) is 0 Å². The molecule has 0 aromatic heterocycles. The Kier molecular flexibility index (Phi) is 7.89. The van der Waals surface area contributed by atoms with Crippen LogP contribution >= 0.6 is 0 Å². The molecule has 1 amide bonds. The molecule has 7 nitrogen and oxygen atoms in total. The number of rotatable bonds is 8. The second kappa shape index (κ2) is 10.8. The first-order chi connectivity index (χ1) is 14.9. The predicted octanol–water partition coefficient (Wildman–Crippen LogP) is 3.74. The Bertz CT molecular complexity index is 859. The van der Waals surface area contributed by atoms with E-state index >= 15 is 0 Å². The minimum atomic E-state index is -0.928. The topological polar surface area (TPSA) is 77.1 Å². The van der Waals surface area contributed by atoms with Crippen molar-refractivity contribution in [2.75, 3.05) is 43.1 Å². The lowest BCUT2D eigenvalue weighted by molar-refractivity contribution is -0.123. The summed E-state index contributed by atoms with van der Waals surface area (Å²) in [7, 11) is 0. The molecule has 1 N–H and O–H groups in total. The summed E-state index contributed by atoms with van der Waals surface area (Å²) in [6.07, 6.45) is -0.928. The molecule has 2 aromatic carbocycles. The number of anilines is 2. The summed E-state index contributed by atoms with van der Waals surface area (Å²) in [5, 5.41) is 2.79. The van der Waals surface area contributed by atoms with Gasteiger partial charge in [0.2, 0.25) is 0 Å². The number of ether oxygens (including phenoxy) is 3. The number of amides is 1. The Hall–Kier alpha value is -3.06. The van der Waals surface area contributed by atoms with E-state index < -0.39 is 12.1 Å². The van der Waals surface area contributed by atoms with Crippen LogP contribution in [0.3, 0.4) is 0 Å². The van der Waals surface area contributed by atoms with Crippen LogP contribution in [-0.4, -0.2) is 50.9 Å². The third kappa shape index (κ3) is 6.72. The highest BCUT2D eigenvalue weighted by Gasteiger charge is 2.19. The normalized spacial score (nSPS) is 14.8. The molecule has 0 spiro atoms. The minimum Gasteiger partial charge on any atom is -0.493 e. The van der Waals surface area contributed by atoms with Crippen LogP contribution in [0.4, 0.5) is 11.4 Å². The van der Waals surface area contributed by atoms with Crippen molar-refractivity contribution in [1.82, 2.24) is 0 Å². The molecule has 2 aromatic rings. The van der Waals surface area contributed by atoms with E-state index in [0.717, 1.165) is 32.0 Å². The maximum absolute atomic E-state index is 12.4. The fourth-order valence-electron chi connectivity index (χ4n) is 3.05. The quantitative estimate of drug-likeness (QED) is 0.648. The van der Waals surface area contributed by atoms with Gasteiger partial charge < -0.3 is 24.4 Å². The summed E-state index contributed by atoms with van der Waals surface area (Å²) < 4.78 is 16.3. The molecule has 166 valence electrons. The molecule has 31 heavy (non-hydrogen) atoms. The van der Waals surface area contributed by atoms with E-state index in [0.29, 0.717) is 29.5 Å². The Morgan fingerprint density at radius 2 is 1.65 bits per heavy atom. The number of carbonyl (C=O) groups is 2. The third-order valence-electron chi connectivity index (χ3n) is 4.84. The molecule has 1 heterocycles. The number of benzene rings is 2. The van der Waals surface area contributed by atoms with Gasteiger partial charge in [0, 0.05) is 24.5 Å². The molecule has 1 aliphatic heterocycles. The third-order valence-corrected chi connectivity index (χ3v) is 4.84. The van der Waals surface area contributed by atoms with Crippen LogP contribution in [0.5, 0.6) is 5.75 Å². The molecule has 3 rings (SSSR count). The molecule has 1 fully saturated rings. The van der Waals surface area contributed by atoms with Gasteiger partial charge in [-0.1, -0.05) is 13.8 Å². The first kappa shape index (κ1) is 22.6. The maximum atomic E-state index is 12.4. The van der Waals surface area contributed by atoms with Crippen molar-refractivity contribution in [3.05, 3.63) is 54.1 Å². The van der Waals surface area contributed by atoms with E-state index in [1.54, 1.807) is 31.2 Å². The molecule has 0 bridgehead atoms. The molecule has 1 atom stereocenters. The lowest BCUT2D eigenvalue weighted by Gasteiger charge is -2.28. The lowest BCUT2D eigenvalue weighted by atomic mass is 10.2. The average molecular weight is 427 g/mol. The second-order valence-corrected chi connectivity index (χ2v) is 7.91. The molecule has 1 aliphatic rings. The molecule has 0 radical (unpaired) electrons. The monoisotopic (exact) mass is 426 g/mol. The van der Waals surface area contributed by atoms with Gasteiger partial charge in [0.1, 0.15) is 5.75 Å². The number of carbonyl (C=O) groups excluding carboxylic acids is 2. The van der Waals surface area contributed by atoms with E-state index in [1.165, 1.54) is 0 Å². The molecular formula is C24H30N2O5. The lowest BCUT2D eigenvalue weighted by Crippen LogP contribution is -2.36. The summed E-state index contributed by atoms with van der Waals surface area (Å²) in [5.74, 6) is 0.168. The van der Waals surface area contributed by atoms with Gasteiger partial charge in [-0.15, -0.1) is 0 Å². The van der Waals surface area contributed by atoms with E-state index in [-0.39, 0.29) is 5.91 Å². The van der Waals surface area contributed by atoms with Crippen LogP contribution in [0.2, 0.25) is 0 Å². The van der Waals surface area contributed by atoms with E-state index in [9.17, 15) is 9.59 Å².